The number of anilines is 1. The van der Waals surface area contributed by atoms with E-state index in [1.807, 2.05) is 35.9 Å². The Bertz CT molecular complexity index is 1520. The number of ether oxygens (including phenoxy) is 3. The maximum atomic E-state index is 15.4. The number of carbonyl (C=O) groups is 3. The second kappa shape index (κ2) is 14.1. The number of nitrogens with zero attached hydrogens (tertiary/aromatic N) is 2. The van der Waals surface area contributed by atoms with Gasteiger partial charge in [0.25, 0.3) is 5.91 Å². The average Bonchev–Trinajstić information content (AvgIpc) is 3.59. The lowest BCUT2D eigenvalue weighted by atomic mass is 9.87. The van der Waals surface area contributed by atoms with E-state index < -0.39 is 11.7 Å². The molecule has 3 aromatic rings. The van der Waals surface area contributed by atoms with Crippen molar-refractivity contribution in [2.75, 3.05) is 32.8 Å². The Morgan fingerprint density at radius 3 is 2.41 bits per heavy atom. The van der Waals surface area contributed by atoms with E-state index in [-0.39, 0.29) is 58.7 Å². The molecule has 0 bridgehead atoms. The number of hydrogen-bond acceptors (Lipinski definition) is 6. The highest BCUT2D eigenvalue weighted by Crippen LogP contribution is 2.32. The Kier molecular flexibility index (Phi) is 10.2. The summed E-state index contributed by atoms with van der Waals surface area (Å²) in [6, 6.07) is 9.76. The van der Waals surface area contributed by atoms with Gasteiger partial charge >= 0.3 is 5.97 Å². The number of aryl methyl sites for hydroxylation is 1. The number of carbonyl (C=O) groups excluding carboxylic acids is 3. The summed E-state index contributed by atoms with van der Waals surface area (Å²) in [6.45, 7) is 0.733. The van der Waals surface area contributed by atoms with Crippen molar-refractivity contribution >= 4 is 46.0 Å². The molecule has 0 spiro atoms. The third-order valence-corrected chi connectivity index (χ3v) is 9.18. The van der Waals surface area contributed by atoms with E-state index in [4.69, 9.17) is 25.8 Å². The number of halogens is 2. The van der Waals surface area contributed by atoms with E-state index in [1.54, 1.807) is 18.2 Å². The summed E-state index contributed by atoms with van der Waals surface area (Å²) in [4.78, 5) is 40.3. The molecule has 9 nitrogen and oxygen atoms in total. The molecule has 2 heterocycles. The average molecular weight is 628 g/mol. The van der Waals surface area contributed by atoms with Gasteiger partial charge in [-0.15, -0.1) is 0 Å². The number of amides is 2. The van der Waals surface area contributed by atoms with Crippen LogP contribution in [0, 0.1) is 11.7 Å². The number of methoxy groups -OCH3 is 2. The van der Waals surface area contributed by atoms with Crippen LogP contribution in [0.25, 0.3) is 10.9 Å². The molecule has 0 radical (unpaired) electrons. The Morgan fingerprint density at radius 1 is 1.00 bits per heavy atom. The van der Waals surface area contributed by atoms with Gasteiger partial charge in [-0.2, -0.15) is 0 Å². The van der Waals surface area contributed by atoms with Crippen LogP contribution in [-0.2, 0) is 37.3 Å². The van der Waals surface area contributed by atoms with E-state index in [0.717, 1.165) is 55.5 Å². The van der Waals surface area contributed by atoms with Crippen molar-refractivity contribution in [2.45, 2.75) is 63.1 Å². The van der Waals surface area contributed by atoms with Crippen molar-refractivity contribution < 1.29 is 33.0 Å². The maximum absolute atomic E-state index is 15.4. The molecule has 2 aliphatic rings. The Balaban J connectivity index is 1.24. The number of benzene rings is 2. The molecule has 2 atom stereocenters. The lowest BCUT2D eigenvalue weighted by Crippen LogP contribution is -2.46. The van der Waals surface area contributed by atoms with Gasteiger partial charge in [-0.1, -0.05) is 29.8 Å². The first-order valence-electron chi connectivity index (χ1n) is 15.0. The second-order valence-electron chi connectivity index (χ2n) is 11.7. The zero-order chi connectivity index (χ0) is 31.4. The summed E-state index contributed by atoms with van der Waals surface area (Å²) < 4.78 is 33.7. The third-order valence-electron chi connectivity index (χ3n) is 8.87. The monoisotopic (exact) mass is 627 g/mol. The minimum Gasteiger partial charge on any atom is -0.469 e. The first-order chi connectivity index (χ1) is 21.2. The fourth-order valence-electron chi connectivity index (χ4n) is 6.55. The predicted octanol–water partition coefficient (Wildman–Crippen LogP) is 5.52. The van der Waals surface area contributed by atoms with Crippen molar-refractivity contribution in [2.24, 2.45) is 13.0 Å². The highest BCUT2D eigenvalue weighted by molar-refractivity contribution is 6.34. The van der Waals surface area contributed by atoms with Crippen molar-refractivity contribution in [1.82, 2.24) is 9.47 Å². The number of fused-ring (bicyclic) bond motifs is 1. The molecule has 1 saturated heterocycles. The van der Waals surface area contributed by atoms with E-state index in [1.165, 1.54) is 13.2 Å². The number of rotatable bonds is 10. The van der Waals surface area contributed by atoms with Gasteiger partial charge in [-0.3, -0.25) is 14.4 Å². The molecule has 1 aromatic heterocycles. The molecule has 1 aliphatic heterocycles. The van der Waals surface area contributed by atoms with E-state index in [2.05, 4.69) is 5.32 Å². The van der Waals surface area contributed by atoms with Crippen molar-refractivity contribution in [3.63, 3.8) is 0 Å². The van der Waals surface area contributed by atoms with Crippen LogP contribution >= 0.6 is 11.6 Å². The van der Waals surface area contributed by atoms with Gasteiger partial charge < -0.3 is 29.0 Å². The minimum absolute atomic E-state index is 0.0159. The number of likely N-dealkylation sites (tertiary alicyclic amines) is 1. The first-order valence-corrected chi connectivity index (χ1v) is 15.4. The van der Waals surface area contributed by atoms with Gasteiger partial charge in [0.05, 0.1) is 67.1 Å². The second-order valence-corrected chi connectivity index (χ2v) is 12.1. The summed E-state index contributed by atoms with van der Waals surface area (Å²) >= 11 is 6.50. The van der Waals surface area contributed by atoms with Gasteiger partial charge in [-0.05, 0) is 62.3 Å². The number of esters is 1. The van der Waals surface area contributed by atoms with Crippen LogP contribution < -0.4 is 5.32 Å². The van der Waals surface area contributed by atoms with E-state index >= 15 is 4.39 Å². The summed E-state index contributed by atoms with van der Waals surface area (Å²) in [5.41, 5.74) is 1.62. The molecule has 11 heteroatoms. The number of hydrogen-bond donors (Lipinski definition) is 1. The van der Waals surface area contributed by atoms with Gasteiger partial charge in [-0.25, -0.2) is 4.39 Å². The quantitative estimate of drug-likeness (QED) is 0.297. The first kappa shape index (κ1) is 31.9. The van der Waals surface area contributed by atoms with Crippen LogP contribution in [0.15, 0.2) is 42.6 Å². The lowest BCUT2D eigenvalue weighted by Gasteiger charge is -2.33. The fraction of sp³-hybridized carbons (Fsp3) is 0.485. The highest BCUT2D eigenvalue weighted by Gasteiger charge is 2.38. The molecule has 2 fully saturated rings. The molecular formula is C33H39ClFN3O6. The van der Waals surface area contributed by atoms with Crippen LogP contribution in [0.2, 0.25) is 5.02 Å². The fourth-order valence-corrected chi connectivity index (χ4v) is 6.79. The molecule has 2 amide bonds. The third kappa shape index (κ3) is 6.92. The summed E-state index contributed by atoms with van der Waals surface area (Å²) in [7, 11) is 4.85. The molecule has 236 valence electrons. The minimum atomic E-state index is -0.631. The molecular weight excluding hydrogens is 589 g/mol. The maximum Gasteiger partial charge on any atom is 0.308 e. The number of nitrogens with one attached hydrogen (secondary N) is 1. The Hall–Kier alpha value is -3.47. The highest BCUT2D eigenvalue weighted by atomic mass is 35.5. The van der Waals surface area contributed by atoms with Crippen LogP contribution in [0.3, 0.4) is 0 Å². The normalized spacial score (nSPS) is 21.9. The van der Waals surface area contributed by atoms with Gasteiger partial charge in [0, 0.05) is 31.3 Å². The van der Waals surface area contributed by atoms with Gasteiger partial charge in [0.2, 0.25) is 5.91 Å². The molecule has 1 N–H and O–H groups in total. The zero-order valence-electron chi connectivity index (χ0n) is 25.3. The molecule has 5 rings (SSSR count). The number of aromatic nitrogens is 1. The molecule has 1 unspecified atom stereocenters. The van der Waals surface area contributed by atoms with Crippen LogP contribution in [0.4, 0.5) is 10.1 Å². The largest absolute Gasteiger partial charge is 0.469 e. The Labute approximate surface area is 261 Å². The van der Waals surface area contributed by atoms with Gasteiger partial charge in [0.15, 0.2) is 0 Å². The SMILES string of the molecule is COCC1CC[C@@H](COC2CCC(C(=O)OC)CC2)N1C(=O)Cc1cc(Cl)c(NC(=O)c2cn(C)c3ccccc23)cc1F. The summed E-state index contributed by atoms with van der Waals surface area (Å²) in [5.74, 6) is -1.54. The van der Waals surface area contributed by atoms with Crippen molar-refractivity contribution in [3.05, 3.63) is 64.6 Å². The Morgan fingerprint density at radius 2 is 1.70 bits per heavy atom. The summed E-state index contributed by atoms with van der Waals surface area (Å²) in [6.07, 6.45) is 6.00. The smallest absolute Gasteiger partial charge is 0.308 e. The molecule has 1 aliphatic carbocycles. The topological polar surface area (TPSA) is 99.1 Å². The van der Waals surface area contributed by atoms with Crippen LogP contribution in [-0.4, -0.2) is 72.9 Å². The van der Waals surface area contributed by atoms with Gasteiger partial charge in [0.1, 0.15) is 5.82 Å². The summed E-state index contributed by atoms with van der Waals surface area (Å²) in [5, 5.41) is 3.63. The molecule has 1 saturated carbocycles. The zero-order valence-corrected chi connectivity index (χ0v) is 26.1. The van der Waals surface area contributed by atoms with Crippen molar-refractivity contribution in [1.29, 1.82) is 0 Å². The predicted molar refractivity (Wildman–Crippen MR) is 165 cm³/mol. The lowest BCUT2D eigenvalue weighted by molar-refractivity contribution is -0.148. The van der Waals surface area contributed by atoms with Crippen LogP contribution in [0.1, 0.15) is 54.4 Å². The standard InChI is InChI=1S/C33H39ClFN3O6/c1-37-17-26(25-6-4-5-7-30(25)37)32(40)36-29-16-28(35)21(14-27(29)34)15-31(39)38-22(18-42-2)10-11-23(38)19-44-24-12-8-20(9-13-24)33(41)43-3/h4-7,14,16-17,20,22-24H,8-13,15,18-19H2,1-3H3,(H,36,40)/t20?,22?,23-,24?/m0/s1. The van der Waals surface area contributed by atoms with Crippen molar-refractivity contribution in [3.8, 4) is 0 Å². The molecule has 44 heavy (non-hydrogen) atoms. The van der Waals surface area contributed by atoms with Crippen LogP contribution in [0.5, 0.6) is 0 Å². The number of para-hydroxylation sites is 1. The molecule has 2 aromatic carbocycles. The van der Waals surface area contributed by atoms with E-state index in [9.17, 15) is 14.4 Å². The van der Waals surface area contributed by atoms with E-state index in [0.29, 0.717) is 18.8 Å².